The lowest BCUT2D eigenvalue weighted by Crippen LogP contribution is -2.37. The Morgan fingerprint density at radius 2 is 2.17 bits per heavy atom. The van der Waals surface area contributed by atoms with E-state index in [9.17, 15) is 4.79 Å². The molecule has 3 aromatic rings. The Morgan fingerprint density at radius 3 is 2.93 bits per heavy atom. The summed E-state index contributed by atoms with van der Waals surface area (Å²) in [7, 11) is 1.65. The van der Waals surface area contributed by atoms with Gasteiger partial charge in [-0.25, -0.2) is 4.68 Å². The minimum Gasteiger partial charge on any atom is -0.495 e. The van der Waals surface area contributed by atoms with Crippen LogP contribution < -0.4 is 15.0 Å². The van der Waals surface area contributed by atoms with Gasteiger partial charge in [0.25, 0.3) is 5.91 Å². The molecule has 2 aromatic carbocycles. The van der Waals surface area contributed by atoms with E-state index < -0.39 is 0 Å². The summed E-state index contributed by atoms with van der Waals surface area (Å²) in [5, 5.41) is 8.07. The van der Waals surface area contributed by atoms with Crippen LogP contribution >= 0.6 is 27.5 Å². The molecule has 0 radical (unpaired) electrons. The second kappa shape index (κ2) is 8.47. The van der Waals surface area contributed by atoms with E-state index in [1.807, 2.05) is 48.7 Å². The Morgan fingerprint density at radius 1 is 1.31 bits per heavy atom. The van der Waals surface area contributed by atoms with Crippen LogP contribution in [0.3, 0.4) is 0 Å². The van der Waals surface area contributed by atoms with Crippen LogP contribution in [-0.4, -0.2) is 41.9 Å². The van der Waals surface area contributed by atoms with Crippen LogP contribution in [0.25, 0.3) is 5.69 Å². The van der Waals surface area contributed by atoms with Gasteiger partial charge < -0.3 is 15.0 Å². The van der Waals surface area contributed by atoms with E-state index in [1.54, 1.807) is 18.0 Å². The number of aromatic nitrogens is 2. The van der Waals surface area contributed by atoms with Crippen molar-refractivity contribution in [1.82, 2.24) is 15.1 Å². The number of rotatable bonds is 5. The van der Waals surface area contributed by atoms with Crippen molar-refractivity contribution in [3.63, 3.8) is 0 Å². The number of nitrogens with zero attached hydrogens (tertiary/aromatic N) is 3. The summed E-state index contributed by atoms with van der Waals surface area (Å²) < 4.78 is 8.07. The van der Waals surface area contributed by atoms with Crippen LogP contribution in [0.1, 0.15) is 16.8 Å². The van der Waals surface area contributed by atoms with E-state index in [2.05, 4.69) is 31.2 Å². The monoisotopic (exact) mass is 474 g/mol. The molecule has 29 heavy (non-hydrogen) atoms. The molecule has 1 fully saturated rings. The Balaban J connectivity index is 1.44. The maximum absolute atomic E-state index is 12.8. The topological polar surface area (TPSA) is 59.4 Å². The summed E-state index contributed by atoms with van der Waals surface area (Å²) in [4.78, 5) is 15.0. The van der Waals surface area contributed by atoms with Gasteiger partial charge >= 0.3 is 0 Å². The zero-order valence-electron chi connectivity index (χ0n) is 15.8. The number of methoxy groups -OCH3 is 1. The first-order chi connectivity index (χ1) is 14.0. The second-order valence-electron chi connectivity index (χ2n) is 6.87. The average Bonchev–Trinajstić information content (AvgIpc) is 3.37. The fourth-order valence-electron chi connectivity index (χ4n) is 3.51. The van der Waals surface area contributed by atoms with Gasteiger partial charge in [-0.3, -0.25) is 4.79 Å². The highest BCUT2D eigenvalue weighted by molar-refractivity contribution is 9.10. The molecule has 4 rings (SSSR count). The predicted molar refractivity (Wildman–Crippen MR) is 117 cm³/mol. The van der Waals surface area contributed by atoms with E-state index in [0.29, 0.717) is 17.1 Å². The largest absolute Gasteiger partial charge is 0.495 e. The van der Waals surface area contributed by atoms with Gasteiger partial charge in [-0.2, -0.15) is 5.10 Å². The zero-order chi connectivity index (χ0) is 20.4. The molecule has 1 saturated heterocycles. The van der Waals surface area contributed by atoms with Crippen molar-refractivity contribution in [2.75, 3.05) is 25.1 Å². The van der Waals surface area contributed by atoms with Crippen LogP contribution in [0.5, 0.6) is 5.75 Å². The Labute approximate surface area is 182 Å². The van der Waals surface area contributed by atoms with Crippen LogP contribution in [0, 0.1) is 0 Å². The maximum atomic E-state index is 12.8. The summed E-state index contributed by atoms with van der Waals surface area (Å²) in [6, 6.07) is 13.0. The number of nitrogens with one attached hydrogen (secondary N) is 1. The lowest BCUT2D eigenvalue weighted by Gasteiger charge is -2.21. The average molecular weight is 476 g/mol. The third-order valence-corrected chi connectivity index (χ3v) is 5.57. The summed E-state index contributed by atoms with van der Waals surface area (Å²) in [6.07, 6.45) is 4.42. The molecule has 2 heterocycles. The standard InChI is InChI=1S/C21H20BrClN4O2/c1-29-20-6-5-16(23)10-19(20)26-8-7-17(13-26)25-21(28)14-3-2-4-18(9-14)27-12-15(22)11-24-27/h2-6,9-12,17H,7-8,13H2,1H3,(H,25,28)/t17-/m1/s1. The van der Waals surface area contributed by atoms with Gasteiger partial charge in [0.15, 0.2) is 0 Å². The van der Waals surface area contributed by atoms with Gasteiger partial charge in [-0.1, -0.05) is 17.7 Å². The molecule has 0 saturated carbocycles. The smallest absolute Gasteiger partial charge is 0.251 e. The Bertz CT molecular complexity index is 1040. The molecule has 0 aliphatic carbocycles. The van der Waals surface area contributed by atoms with E-state index in [0.717, 1.165) is 34.6 Å². The molecule has 6 nitrogen and oxygen atoms in total. The van der Waals surface area contributed by atoms with Crippen molar-refractivity contribution < 1.29 is 9.53 Å². The first kappa shape index (κ1) is 19.8. The first-order valence-corrected chi connectivity index (χ1v) is 10.4. The van der Waals surface area contributed by atoms with E-state index in [-0.39, 0.29) is 11.9 Å². The Kier molecular flexibility index (Phi) is 5.78. The normalized spacial score (nSPS) is 16.1. The molecule has 8 heteroatoms. The summed E-state index contributed by atoms with van der Waals surface area (Å²) in [5.74, 6) is 0.683. The van der Waals surface area contributed by atoms with E-state index in [1.165, 1.54) is 0 Å². The molecule has 1 N–H and O–H groups in total. The van der Waals surface area contributed by atoms with Gasteiger partial charge in [-0.15, -0.1) is 0 Å². The molecule has 1 aliphatic heterocycles. The second-order valence-corrected chi connectivity index (χ2v) is 8.23. The van der Waals surface area contributed by atoms with E-state index in [4.69, 9.17) is 16.3 Å². The minimum absolute atomic E-state index is 0.0497. The van der Waals surface area contributed by atoms with Crippen LogP contribution in [0.15, 0.2) is 59.3 Å². The Hall–Kier alpha value is -2.51. The van der Waals surface area contributed by atoms with Crippen molar-refractivity contribution in [1.29, 1.82) is 0 Å². The lowest BCUT2D eigenvalue weighted by atomic mass is 10.1. The molecular weight excluding hydrogens is 456 g/mol. The predicted octanol–water partition coefficient (Wildman–Crippen LogP) is 4.31. The van der Waals surface area contributed by atoms with Crippen molar-refractivity contribution >= 4 is 39.1 Å². The number of carbonyl (C=O) groups is 1. The fraction of sp³-hybridized carbons (Fsp3) is 0.238. The number of hydrogen-bond acceptors (Lipinski definition) is 4. The molecule has 0 spiro atoms. The van der Waals surface area contributed by atoms with Crippen molar-refractivity contribution in [2.45, 2.75) is 12.5 Å². The number of amides is 1. The van der Waals surface area contributed by atoms with Gasteiger partial charge in [-0.05, 0) is 58.7 Å². The third kappa shape index (κ3) is 4.41. The summed E-state index contributed by atoms with van der Waals surface area (Å²) in [5.41, 5.74) is 2.39. The summed E-state index contributed by atoms with van der Waals surface area (Å²) in [6.45, 7) is 1.53. The summed E-state index contributed by atoms with van der Waals surface area (Å²) >= 11 is 9.55. The fourth-order valence-corrected chi connectivity index (χ4v) is 3.96. The highest BCUT2D eigenvalue weighted by atomic mass is 79.9. The van der Waals surface area contributed by atoms with Crippen molar-refractivity contribution in [3.8, 4) is 11.4 Å². The van der Waals surface area contributed by atoms with Gasteiger partial charge in [0.1, 0.15) is 5.75 Å². The lowest BCUT2D eigenvalue weighted by molar-refractivity contribution is 0.0940. The van der Waals surface area contributed by atoms with Gasteiger partial charge in [0.05, 0.1) is 29.2 Å². The number of halogens is 2. The number of hydrogen-bond donors (Lipinski definition) is 1. The molecule has 0 unspecified atom stereocenters. The number of benzene rings is 2. The van der Waals surface area contributed by atoms with Crippen LogP contribution in [-0.2, 0) is 0 Å². The van der Waals surface area contributed by atoms with Crippen molar-refractivity contribution in [2.24, 2.45) is 0 Å². The minimum atomic E-state index is -0.0945. The molecule has 150 valence electrons. The quantitative estimate of drug-likeness (QED) is 0.597. The van der Waals surface area contributed by atoms with Crippen molar-refractivity contribution in [3.05, 3.63) is 69.9 Å². The van der Waals surface area contributed by atoms with Gasteiger partial charge in [0.2, 0.25) is 0 Å². The van der Waals surface area contributed by atoms with Gasteiger partial charge in [0, 0.05) is 35.9 Å². The number of carbonyl (C=O) groups excluding carboxylic acids is 1. The van der Waals surface area contributed by atoms with Crippen LogP contribution in [0.2, 0.25) is 5.02 Å². The number of anilines is 1. The third-order valence-electron chi connectivity index (χ3n) is 4.93. The first-order valence-electron chi connectivity index (χ1n) is 9.23. The highest BCUT2D eigenvalue weighted by Gasteiger charge is 2.26. The molecule has 1 amide bonds. The van der Waals surface area contributed by atoms with E-state index >= 15 is 0 Å². The molecular formula is C21H20BrClN4O2. The maximum Gasteiger partial charge on any atom is 0.251 e. The highest BCUT2D eigenvalue weighted by Crippen LogP contribution is 2.33. The SMILES string of the molecule is COc1ccc(Cl)cc1N1CC[C@@H](NC(=O)c2cccc(-n3cc(Br)cn3)c2)C1. The molecule has 0 bridgehead atoms. The molecule has 1 aromatic heterocycles. The van der Waals surface area contributed by atoms with Crippen LogP contribution in [0.4, 0.5) is 5.69 Å². The number of ether oxygens (including phenoxy) is 1. The molecule has 1 atom stereocenters. The molecule has 1 aliphatic rings. The zero-order valence-corrected chi connectivity index (χ0v) is 18.2.